The standard InChI is InChI=1S/C26H36N2O3S/c1-27(19-26-16-21-13-22(17-26)15-23(14-21)18-26)25(29)24-7-10-28(11-8-24)32(30,31)12-9-20-5-3-2-4-6-20/h2-6,9,12,21-24H,7-8,10-11,13-19H2,1H3/b12-9+. The molecule has 5 nitrogen and oxygen atoms in total. The Hall–Kier alpha value is -1.66. The van der Waals surface area contributed by atoms with Crippen molar-refractivity contribution in [3.63, 3.8) is 0 Å². The molecule has 4 aliphatic carbocycles. The van der Waals surface area contributed by atoms with E-state index in [4.69, 9.17) is 0 Å². The van der Waals surface area contributed by atoms with Gasteiger partial charge in [0.05, 0.1) is 0 Å². The van der Waals surface area contributed by atoms with Crippen LogP contribution in [-0.4, -0.2) is 50.2 Å². The monoisotopic (exact) mass is 456 g/mol. The number of nitrogens with zero attached hydrogens (tertiary/aromatic N) is 2. The molecule has 0 aromatic heterocycles. The summed E-state index contributed by atoms with van der Waals surface area (Å²) in [5.41, 5.74) is 1.22. The van der Waals surface area contributed by atoms with Gasteiger partial charge in [-0.05, 0) is 86.2 Å². The van der Waals surface area contributed by atoms with Crippen molar-refractivity contribution in [1.82, 2.24) is 9.21 Å². The van der Waals surface area contributed by atoms with E-state index in [2.05, 4.69) is 0 Å². The van der Waals surface area contributed by atoms with Crippen molar-refractivity contribution < 1.29 is 13.2 Å². The molecule has 1 aromatic carbocycles. The summed E-state index contributed by atoms with van der Waals surface area (Å²) >= 11 is 0. The molecule has 1 saturated heterocycles. The minimum Gasteiger partial charge on any atom is -0.345 e. The number of hydrogen-bond donors (Lipinski definition) is 0. The van der Waals surface area contributed by atoms with E-state index < -0.39 is 10.0 Å². The number of amides is 1. The maximum Gasteiger partial charge on any atom is 0.236 e. The van der Waals surface area contributed by atoms with Crippen LogP contribution in [0.25, 0.3) is 6.08 Å². The van der Waals surface area contributed by atoms with E-state index in [1.54, 1.807) is 6.08 Å². The molecule has 0 radical (unpaired) electrons. The van der Waals surface area contributed by atoms with E-state index in [1.807, 2.05) is 42.3 Å². The smallest absolute Gasteiger partial charge is 0.236 e. The van der Waals surface area contributed by atoms with Crippen molar-refractivity contribution in [3.05, 3.63) is 41.3 Å². The highest BCUT2D eigenvalue weighted by atomic mass is 32.2. The molecule has 6 rings (SSSR count). The van der Waals surface area contributed by atoms with Crippen LogP contribution in [0.5, 0.6) is 0 Å². The summed E-state index contributed by atoms with van der Waals surface area (Å²) in [6.45, 7) is 1.74. The molecule has 1 heterocycles. The topological polar surface area (TPSA) is 57.7 Å². The fourth-order valence-corrected chi connectivity index (χ4v) is 8.77. The van der Waals surface area contributed by atoms with E-state index in [0.717, 1.165) is 29.9 Å². The largest absolute Gasteiger partial charge is 0.345 e. The van der Waals surface area contributed by atoms with Crippen molar-refractivity contribution in [1.29, 1.82) is 0 Å². The number of sulfonamides is 1. The summed E-state index contributed by atoms with van der Waals surface area (Å²) in [6.07, 6.45) is 11.0. The van der Waals surface area contributed by atoms with Crippen LogP contribution in [0.3, 0.4) is 0 Å². The van der Waals surface area contributed by atoms with E-state index in [-0.39, 0.29) is 11.8 Å². The van der Waals surface area contributed by atoms with E-state index in [0.29, 0.717) is 31.3 Å². The first-order chi connectivity index (χ1) is 15.3. The first-order valence-corrected chi connectivity index (χ1v) is 13.8. The van der Waals surface area contributed by atoms with Crippen molar-refractivity contribution in [2.45, 2.75) is 51.4 Å². The second kappa shape index (κ2) is 8.60. The lowest BCUT2D eigenvalue weighted by atomic mass is 9.49. The highest BCUT2D eigenvalue weighted by Gasteiger charge is 2.51. The highest BCUT2D eigenvalue weighted by molar-refractivity contribution is 7.92. The van der Waals surface area contributed by atoms with Crippen LogP contribution < -0.4 is 0 Å². The SMILES string of the molecule is CN(CC12CC3CC(CC(C3)C1)C2)C(=O)C1CCN(S(=O)(=O)/C=C/c2ccccc2)CC1. The molecule has 4 saturated carbocycles. The summed E-state index contributed by atoms with van der Waals surface area (Å²) in [4.78, 5) is 15.2. The second-order valence-corrected chi connectivity index (χ2v) is 12.9. The van der Waals surface area contributed by atoms with Gasteiger partial charge in [0.25, 0.3) is 0 Å². The Morgan fingerprint density at radius 1 is 1.03 bits per heavy atom. The van der Waals surface area contributed by atoms with E-state index in [9.17, 15) is 13.2 Å². The average Bonchev–Trinajstić information content (AvgIpc) is 2.77. The predicted octanol–water partition coefficient (Wildman–Crippen LogP) is 4.37. The lowest BCUT2D eigenvalue weighted by Crippen LogP contribution is -2.52. The number of hydrogen-bond acceptors (Lipinski definition) is 3. The summed E-state index contributed by atoms with van der Waals surface area (Å²) < 4.78 is 27.0. The molecule has 0 atom stereocenters. The number of carbonyl (C=O) groups excluding carboxylic acids is 1. The van der Waals surface area contributed by atoms with Crippen molar-refractivity contribution in [2.75, 3.05) is 26.7 Å². The Morgan fingerprint density at radius 3 is 2.16 bits per heavy atom. The van der Waals surface area contributed by atoms with Gasteiger partial charge in [-0.25, -0.2) is 8.42 Å². The van der Waals surface area contributed by atoms with Crippen LogP contribution in [0.1, 0.15) is 56.9 Å². The lowest BCUT2D eigenvalue weighted by Gasteiger charge is -2.57. The third-order valence-corrected chi connectivity index (χ3v) is 10.1. The molecule has 32 heavy (non-hydrogen) atoms. The van der Waals surface area contributed by atoms with Gasteiger partial charge in [-0.3, -0.25) is 4.79 Å². The quantitative estimate of drug-likeness (QED) is 0.639. The molecule has 4 bridgehead atoms. The first-order valence-electron chi connectivity index (χ1n) is 12.3. The van der Waals surface area contributed by atoms with E-state index in [1.165, 1.54) is 48.2 Å². The minimum absolute atomic E-state index is 0.0570. The Bertz CT molecular complexity index is 929. The zero-order valence-corrected chi connectivity index (χ0v) is 20.0. The normalized spacial score (nSPS) is 33.1. The molecular weight excluding hydrogens is 420 g/mol. The van der Waals surface area contributed by atoms with Crippen LogP contribution in [0.15, 0.2) is 35.7 Å². The molecule has 0 N–H and O–H groups in total. The molecule has 174 valence electrons. The number of benzene rings is 1. The number of carbonyl (C=O) groups is 1. The van der Waals surface area contributed by atoms with Crippen LogP contribution in [0.4, 0.5) is 0 Å². The maximum absolute atomic E-state index is 13.2. The summed E-state index contributed by atoms with van der Waals surface area (Å²) in [6, 6.07) is 9.47. The molecule has 1 aliphatic heterocycles. The van der Waals surface area contributed by atoms with Crippen molar-refractivity contribution >= 4 is 22.0 Å². The van der Waals surface area contributed by atoms with Crippen LogP contribution in [-0.2, 0) is 14.8 Å². The number of piperidine rings is 1. The third-order valence-electron chi connectivity index (χ3n) is 8.51. The third kappa shape index (κ3) is 4.54. The molecular formula is C26H36N2O3S. The fraction of sp³-hybridized carbons (Fsp3) is 0.654. The summed E-state index contributed by atoms with van der Waals surface area (Å²) in [7, 11) is -1.48. The molecule has 1 amide bonds. The van der Waals surface area contributed by atoms with Gasteiger partial charge in [0.15, 0.2) is 0 Å². The van der Waals surface area contributed by atoms with Gasteiger partial charge in [0, 0.05) is 38.0 Å². The van der Waals surface area contributed by atoms with Crippen LogP contribution >= 0.6 is 0 Å². The molecule has 1 aromatic rings. The zero-order chi connectivity index (χ0) is 22.3. The van der Waals surface area contributed by atoms with Crippen LogP contribution in [0, 0.1) is 29.1 Å². The Labute approximate surface area is 192 Å². The number of rotatable bonds is 6. The zero-order valence-electron chi connectivity index (χ0n) is 19.2. The van der Waals surface area contributed by atoms with E-state index >= 15 is 0 Å². The maximum atomic E-state index is 13.2. The van der Waals surface area contributed by atoms with Gasteiger partial charge in [-0.15, -0.1) is 0 Å². The van der Waals surface area contributed by atoms with Crippen molar-refractivity contribution in [2.24, 2.45) is 29.1 Å². The second-order valence-electron chi connectivity index (χ2n) is 11.0. The van der Waals surface area contributed by atoms with Gasteiger partial charge in [0.1, 0.15) is 0 Å². The molecule has 0 spiro atoms. The van der Waals surface area contributed by atoms with Gasteiger partial charge in [-0.1, -0.05) is 30.3 Å². The first kappa shape index (κ1) is 22.1. The molecule has 0 unspecified atom stereocenters. The van der Waals surface area contributed by atoms with Gasteiger partial charge in [0.2, 0.25) is 15.9 Å². The molecule has 5 fully saturated rings. The van der Waals surface area contributed by atoms with Gasteiger partial charge >= 0.3 is 0 Å². The Balaban J connectivity index is 1.15. The molecule has 6 heteroatoms. The average molecular weight is 457 g/mol. The van der Waals surface area contributed by atoms with Gasteiger partial charge in [-0.2, -0.15) is 4.31 Å². The predicted molar refractivity (Wildman–Crippen MR) is 127 cm³/mol. The Kier molecular flexibility index (Phi) is 5.95. The summed E-state index contributed by atoms with van der Waals surface area (Å²) in [5, 5.41) is 1.30. The minimum atomic E-state index is -3.46. The summed E-state index contributed by atoms with van der Waals surface area (Å²) in [5.74, 6) is 2.84. The highest BCUT2D eigenvalue weighted by Crippen LogP contribution is 2.60. The molecule has 5 aliphatic rings. The fourth-order valence-electron chi connectivity index (χ4n) is 7.55. The lowest BCUT2D eigenvalue weighted by molar-refractivity contribution is -0.140. The van der Waals surface area contributed by atoms with Crippen LogP contribution in [0.2, 0.25) is 0 Å². The Morgan fingerprint density at radius 2 is 1.59 bits per heavy atom. The van der Waals surface area contributed by atoms with Crippen molar-refractivity contribution in [3.8, 4) is 0 Å². The van der Waals surface area contributed by atoms with Gasteiger partial charge < -0.3 is 4.90 Å².